The molecule has 0 aromatic carbocycles. The van der Waals surface area contributed by atoms with Crippen LogP contribution < -0.4 is 5.73 Å². The van der Waals surface area contributed by atoms with E-state index < -0.39 is 0 Å². The second kappa shape index (κ2) is 5.07. The first-order valence-electron chi connectivity index (χ1n) is 4.42. The third-order valence-corrected chi connectivity index (χ3v) is 2.44. The Hall–Kier alpha value is -0.760. The van der Waals surface area contributed by atoms with Gasteiger partial charge in [0.2, 0.25) is 0 Å². The average molecular weight is 201 g/mol. The van der Waals surface area contributed by atoms with Gasteiger partial charge in [-0.1, -0.05) is 25.4 Å². The van der Waals surface area contributed by atoms with Crippen molar-refractivity contribution in [1.29, 1.82) is 0 Å². The summed E-state index contributed by atoms with van der Waals surface area (Å²) < 4.78 is 0. The van der Waals surface area contributed by atoms with Crippen LogP contribution in [-0.4, -0.2) is 4.98 Å². The lowest BCUT2D eigenvalue weighted by Gasteiger charge is -2.07. The first kappa shape index (κ1) is 12.2. The molecule has 2 N–H and O–H groups in total. The summed E-state index contributed by atoms with van der Waals surface area (Å²) in [5.74, 6) is 0.574. The van der Waals surface area contributed by atoms with Gasteiger partial charge in [-0.25, -0.2) is 4.98 Å². The van der Waals surface area contributed by atoms with Crippen LogP contribution in [0.5, 0.6) is 0 Å². The second-order valence-electron chi connectivity index (χ2n) is 2.65. The second-order valence-corrected chi connectivity index (χ2v) is 3.02. The molecule has 0 aliphatic rings. The van der Waals surface area contributed by atoms with Crippen molar-refractivity contribution in [2.75, 3.05) is 5.73 Å². The van der Waals surface area contributed by atoms with Crippen LogP contribution in [0.3, 0.4) is 0 Å². The summed E-state index contributed by atoms with van der Waals surface area (Å²) in [7, 11) is 0. The fourth-order valence-corrected chi connectivity index (χ4v) is 1.13. The predicted octanol–water partition coefficient (Wildman–Crippen LogP) is 3.27. The Bertz CT molecular complexity index is 269. The molecule has 3 heteroatoms. The zero-order chi connectivity index (χ0) is 10.6. The van der Waals surface area contributed by atoms with Crippen LogP contribution in [0.15, 0.2) is 0 Å². The van der Waals surface area contributed by atoms with Crippen LogP contribution in [0.25, 0.3) is 0 Å². The summed E-state index contributed by atoms with van der Waals surface area (Å²) >= 11 is 5.94. The fourth-order valence-electron chi connectivity index (χ4n) is 0.942. The van der Waals surface area contributed by atoms with Gasteiger partial charge in [0.15, 0.2) is 0 Å². The van der Waals surface area contributed by atoms with Gasteiger partial charge in [0.25, 0.3) is 0 Å². The summed E-state index contributed by atoms with van der Waals surface area (Å²) in [5, 5.41) is 0.719. The molecular formula is C10H17ClN2. The van der Waals surface area contributed by atoms with Crippen LogP contribution >= 0.6 is 11.6 Å². The molecule has 2 nitrogen and oxygen atoms in total. The minimum absolute atomic E-state index is 0.574. The molecular weight excluding hydrogens is 184 g/mol. The Balaban J connectivity index is 0.000000671. The molecule has 0 amide bonds. The molecule has 0 unspecified atom stereocenters. The van der Waals surface area contributed by atoms with E-state index in [-0.39, 0.29) is 0 Å². The first-order chi connectivity index (χ1) is 6.04. The van der Waals surface area contributed by atoms with E-state index in [4.69, 9.17) is 17.3 Å². The molecule has 0 atom stereocenters. The highest BCUT2D eigenvalue weighted by atomic mass is 35.5. The number of anilines is 1. The van der Waals surface area contributed by atoms with Gasteiger partial charge >= 0.3 is 0 Å². The summed E-state index contributed by atoms with van der Waals surface area (Å²) in [6.45, 7) is 9.72. The molecule has 74 valence electrons. The van der Waals surface area contributed by atoms with Gasteiger partial charge in [0.05, 0.1) is 10.7 Å². The van der Waals surface area contributed by atoms with Crippen LogP contribution in [0.4, 0.5) is 5.82 Å². The van der Waals surface area contributed by atoms with E-state index in [1.165, 1.54) is 0 Å². The van der Waals surface area contributed by atoms with Gasteiger partial charge in [-0.05, 0) is 31.9 Å². The number of pyridine rings is 1. The minimum Gasteiger partial charge on any atom is -0.383 e. The quantitative estimate of drug-likeness (QED) is 0.698. The fraction of sp³-hybridized carbons (Fsp3) is 0.500. The minimum atomic E-state index is 0.574. The Kier molecular flexibility index (Phi) is 4.78. The Morgan fingerprint density at radius 3 is 2.00 bits per heavy atom. The molecule has 0 saturated carbocycles. The van der Waals surface area contributed by atoms with Crippen molar-refractivity contribution in [1.82, 2.24) is 4.98 Å². The molecule has 0 spiro atoms. The monoisotopic (exact) mass is 200 g/mol. The SMILES string of the molecule is CC.Cc1nc(N)c(C)c(C)c1Cl. The Labute approximate surface area is 85.1 Å². The van der Waals surface area contributed by atoms with E-state index in [0.717, 1.165) is 21.8 Å². The molecule has 0 aliphatic heterocycles. The van der Waals surface area contributed by atoms with Crippen molar-refractivity contribution in [3.63, 3.8) is 0 Å². The molecule has 1 heterocycles. The lowest BCUT2D eigenvalue weighted by atomic mass is 10.1. The van der Waals surface area contributed by atoms with E-state index in [2.05, 4.69) is 4.98 Å². The van der Waals surface area contributed by atoms with Crippen molar-refractivity contribution >= 4 is 17.4 Å². The molecule has 0 saturated heterocycles. The highest BCUT2D eigenvalue weighted by Crippen LogP contribution is 2.24. The van der Waals surface area contributed by atoms with Crippen molar-refractivity contribution in [2.24, 2.45) is 0 Å². The topological polar surface area (TPSA) is 38.9 Å². The molecule has 0 radical (unpaired) electrons. The number of hydrogen-bond donors (Lipinski definition) is 1. The number of hydrogen-bond acceptors (Lipinski definition) is 2. The van der Waals surface area contributed by atoms with E-state index in [0.29, 0.717) is 5.82 Å². The van der Waals surface area contributed by atoms with Crippen LogP contribution in [-0.2, 0) is 0 Å². The lowest BCUT2D eigenvalue weighted by Crippen LogP contribution is -1.99. The van der Waals surface area contributed by atoms with Crippen molar-refractivity contribution in [3.8, 4) is 0 Å². The highest BCUT2D eigenvalue weighted by molar-refractivity contribution is 6.32. The number of rotatable bonds is 0. The number of halogens is 1. The normalized spacial score (nSPS) is 9.08. The maximum Gasteiger partial charge on any atom is 0.126 e. The maximum atomic E-state index is 5.94. The first-order valence-corrected chi connectivity index (χ1v) is 4.80. The standard InChI is InChI=1S/C8H11ClN2.C2H6/c1-4-5(2)8(10)11-6(3)7(4)9;1-2/h1-3H3,(H2,10,11);1-2H3. The van der Waals surface area contributed by atoms with Gasteiger partial charge in [-0.2, -0.15) is 0 Å². The zero-order valence-electron chi connectivity index (χ0n) is 8.90. The van der Waals surface area contributed by atoms with Gasteiger partial charge in [-0.15, -0.1) is 0 Å². The van der Waals surface area contributed by atoms with E-state index in [9.17, 15) is 0 Å². The molecule has 1 aromatic rings. The predicted molar refractivity (Wildman–Crippen MR) is 59.2 cm³/mol. The van der Waals surface area contributed by atoms with Gasteiger partial charge in [0.1, 0.15) is 5.82 Å². The van der Waals surface area contributed by atoms with Crippen LogP contribution in [0.1, 0.15) is 30.7 Å². The zero-order valence-corrected chi connectivity index (χ0v) is 9.66. The summed E-state index contributed by atoms with van der Waals surface area (Å²) in [4.78, 5) is 4.08. The number of aryl methyl sites for hydroxylation is 1. The summed E-state index contributed by atoms with van der Waals surface area (Å²) in [6, 6.07) is 0. The third-order valence-electron chi connectivity index (χ3n) is 1.88. The Morgan fingerprint density at radius 2 is 1.54 bits per heavy atom. The number of nitrogens with two attached hydrogens (primary N) is 1. The highest BCUT2D eigenvalue weighted by Gasteiger charge is 2.06. The van der Waals surface area contributed by atoms with E-state index in [1.807, 2.05) is 34.6 Å². The summed E-state index contributed by atoms with van der Waals surface area (Å²) in [6.07, 6.45) is 0. The number of nitrogens with zero attached hydrogens (tertiary/aromatic N) is 1. The maximum absolute atomic E-state index is 5.94. The third kappa shape index (κ3) is 2.59. The Morgan fingerprint density at radius 1 is 1.08 bits per heavy atom. The van der Waals surface area contributed by atoms with Crippen LogP contribution in [0.2, 0.25) is 5.02 Å². The summed E-state index contributed by atoms with van der Waals surface area (Å²) in [5.41, 5.74) is 8.42. The molecule has 0 aliphatic carbocycles. The number of aromatic nitrogens is 1. The van der Waals surface area contributed by atoms with Gasteiger partial charge < -0.3 is 5.73 Å². The molecule has 0 fully saturated rings. The van der Waals surface area contributed by atoms with Crippen molar-refractivity contribution in [3.05, 3.63) is 21.8 Å². The average Bonchev–Trinajstić information content (AvgIpc) is 2.15. The molecule has 0 bridgehead atoms. The van der Waals surface area contributed by atoms with Crippen molar-refractivity contribution in [2.45, 2.75) is 34.6 Å². The smallest absolute Gasteiger partial charge is 0.126 e. The van der Waals surface area contributed by atoms with E-state index in [1.54, 1.807) is 0 Å². The van der Waals surface area contributed by atoms with Gasteiger partial charge in [-0.3, -0.25) is 0 Å². The molecule has 13 heavy (non-hydrogen) atoms. The van der Waals surface area contributed by atoms with E-state index >= 15 is 0 Å². The molecule has 1 rings (SSSR count). The number of nitrogen functional groups attached to an aromatic ring is 1. The van der Waals surface area contributed by atoms with Crippen molar-refractivity contribution < 1.29 is 0 Å². The largest absolute Gasteiger partial charge is 0.383 e. The van der Waals surface area contributed by atoms with Gasteiger partial charge in [0, 0.05) is 0 Å². The molecule has 1 aromatic heterocycles. The lowest BCUT2D eigenvalue weighted by molar-refractivity contribution is 1.15. The van der Waals surface area contributed by atoms with Crippen LogP contribution in [0, 0.1) is 20.8 Å².